The first-order valence-corrected chi connectivity index (χ1v) is 8.33. The highest BCUT2D eigenvalue weighted by Gasteiger charge is 2.09. The predicted molar refractivity (Wildman–Crippen MR) is 88.0 cm³/mol. The predicted octanol–water partition coefficient (Wildman–Crippen LogP) is 2.12. The molecule has 0 saturated carbocycles. The van der Waals surface area contributed by atoms with Crippen LogP contribution in [0.15, 0.2) is 28.2 Å². The zero-order valence-electron chi connectivity index (χ0n) is 12.9. The molecule has 0 aliphatic heterocycles. The third kappa shape index (κ3) is 5.74. The first-order valence-electron chi connectivity index (χ1n) is 7.45. The van der Waals surface area contributed by atoms with Crippen LogP contribution in [-0.2, 0) is 11.3 Å². The molecule has 0 aliphatic carbocycles. The third-order valence-corrected chi connectivity index (χ3v) is 3.78. The van der Waals surface area contributed by atoms with Gasteiger partial charge >= 0.3 is 6.03 Å². The Balaban J connectivity index is 1.66. The number of hydrogen-bond acceptors (Lipinski definition) is 5. The normalized spacial score (nSPS) is 10.3. The molecular weight excluding hydrogens is 316 g/mol. The molecule has 0 radical (unpaired) electrons. The number of thiophene rings is 1. The van der Waals surface area contributed by atoms with Crippen molar-refractivity contribution in [2.75, 3.05) is 13.1 Å². The van der Waals surface area contributed by atoms with Gasteiger partial charge in [-0.05, 0) is 17.9 Å². The molecule has 2 aromatic rings. The quantitative estimate of drug-likeness (QED) is 0.688. The van der Waals surface area contributed by atoms with Crippen LogP contribution in [0.4, 0.5) is 4.79 Å². The van der Waals surface area contributed by atoms with Gasteiger partial charge in [-0.2, -0.15) is 0 Å². The minimum absolute atomic E-state index is 0.0655. The molecule has 0 aliphatic rings. The third-order valence-electron chi connectivity index (χ3n) is 2.92. The number of urea groups is 1. The number of rotatable bonds is 8. The Kier molecular flexibility index (Phi) is 6.61. The molecule has 3 N–H and O–H groups in total. The summed E-state index contributed by atoms with van der Waals surface area (Å²) >= 11 is 1.54. The molecular formula is C15H20N4O3S. The van der Waals surface area contributed by atoms with Gasteiger partial charge in [0, 0.05) is 19.5 Å². The highest BCUT2D eigenvalue weighted by Crippen LogP contribution is 2.23. The Morgan fingerprint density at radius 3 is 2.87 bits per heavy atom. The number of oxazole rings is 1. The van der Waals surface area contributed by atoms with Crippen LogP contribution >= 0.6 is 11.3 Å². The summed E-state index contributed by atoms with van der Waals surface area (Å²) in [5.41, 5.74) is 0.643. The van der Waals surface area contributed by atoms with Crippen molar-refractivity contribution in [3.05, 3.63) is 29.5 Å². The Labute approximate surface area is 138 Å². The van der Waals surface area contributed by atoms with Gasteiger partial charge in [0.15, 0.2) is 0 Å². The van der Waals surface area contributed by atoms with Gasteiger partial charge in [0.25, 0.3) is 0 Å². The minimum Gasteiger partial charge on any atom is -0.443 e. The number of nitrogens with zero attached hydrogens (tertiary/aromatic N) is 1. The van der Waals surface area contributed by atoms with Crippen molar-refractivity contribution in [1.82, 2.24) is 20.9 Å². The fourth-order valence-electron chi connectivity index (χ4n) is 1.78. The molecule has 0 unspecified atom stereocenters. The van der Waals surface area contributed by atoms with Crippen LogP contribution in [0, 0.1) is 0 Å². The molecule has 2 rings (SSSR count). The summed E-state index contributed by atoms with van der Waals surface area (Å²) in [7, 11) is 0. The summed E-state index contributed by atoms with van der Waals surface area (Å²) in [6.45, 7) is 3.20. The summed E-state index contributed by atoms with van der Waals surface area (Å²) in [5, 5.41) is 9.99. The second-order valence-corrected chi connectivity index (χ2v) is 5.78. The molecule has 2 heterocycles. The molecule has 7 nitrogen and oxygen atoms in total. The number of carbonyl (C=O) groups excluding carboxylic acids is 2. The van der Waals surface area contributed by atoms with Gasteiger partial charge in [-0.15, -0.1) is 11.3 Å². The largest absolute Gasteiger partial charge is 0.443 e. The van der Waals surface area contributed by atoms with Gasteiger partial charge in [0.05, 0.1) is 17.1 Å². The summed E-state index contributed by atoms with van der Waals surface area (Å²) in [6, 6.07) is 3.50. The van der Waals surface area contributed by atoms with Gasteiger partial charge in [0.2, 0.25) is 11.8 Å². The number of hydrogen-bond donors (Lipinski definition) is 3. The van der Waals surface area contributed by atoms with Crippen LogP contribution in [-0.4, -0.2) is 30.0 Å². The van der Waals surface area contributed by atoms with E-state index in [4.69, 9.17) is 4.42 Å². The Morgan fingerprint density at radius 1 is 1.26 bits per heavy atom. The molecule has 0 saturated heterocycles. The van der Waals surface area contributed by atoms with Crippen molar-refractivity contribution in [2.45, 2.75) is 26.3 Å². The van der Waals surface area contributed by atoms with E-state index in [0.717, 1.165) is 11.3 Å². The molecule has 23 heavy (non-hydrogen) atoms. The molecule has 8 heteroatoms. The molecule has 3 amide bonds. The number of carbonyl (C=O) groups is 2. The lowest BCUT2D eigenvalue weighted by molar-refractivity contribution is -0.120. The Bertz CT molecular complexity index is 624. The molecule has 2 aromatic heterocycles. The van der Waals surface area contributed by atoms with Crippen LogP contribution < -0.4 is 16.0 Å². The lowest BCUT2D eigenvalue weighted by Gasteiger charge is -2.06. The van der Waals surface area contributed by atoms with Gasteiger partial charge < -0.3 is 20.4 Å². The van der Waals surface area contributed by atoms with Crippen molar-refractivity contribution in [3.63, 3.8) is 0 Å². The summed E-state index contributed by atoms with van der Waals surface area (Å²) in [4.78, 5) is 28.3. The summed E-state index contributed by atoms with van der Waals surface area (Å²) in [5.74, 6) is 0.481. The number of nitrogens with one attached hydrogen (secondary N) is 3. The maximum absolute atomic E-state index is 11.6. The van der Waals surface area contributed by atoms with E-state index in [9.17, 15) is 9.59 Å². The van der Waals surface area contributed by atoms with Gasteiger partial charge in [-0.1, -0.05) is 13.0 Å². The first-order chi connectivity index (χ1) is 11.2. The minimum atomic E-state index is -0.339. The van der Waals surface area contributed by atoms with E-state index in [1.54, 1.807) is 0 Å². The highest BCUT2D eigenvalue weighted by atomic mass is 32.1. The lowest BCUT2D eigenvalue weighted by Crippen LogP contribution is -2.37. The first kappa shape index (κ1) is 17.0. The van der Waals surface area contributed by atoms with Crippen molar-refractivity contribution >= 4 is 23.3 Å². The van der Waals surface area contributed by atoms with Crippen LogP contribution in [0.3, 0.4) is 0 Å². The monoisotopic (exact) mass is 336 g/mol. The van der Waals surface area contributed by atoms with E-state index < -0.39 is 0 Å². The molecule has 0 fully saturated rings. The average Bonchev–Trinajstić information content (AvgIpc) is 3.21. The van der Waals surface area contributed by atoms with Gasteiger partial charge in [0.1, 0.15) is 6.26 Å². The number of amides is 3. The fraction of sp³-hybridized carbons (Fsp3) is 0.400. The zero-order chi connectivity index (χ0) is 16.5. The van der Waals surface area contributed by atoms with E-state index in [2.05, 4.69) is 20.9 Å². The maximum Gasteiger partial charge on any atom is 0.315 e. The second-order valence-electron chi connectivity index (χ2n) is 4.83. The Hall–Kier alpha value is -2.35. The molecule has 0 bridgehead atoms. The molecule has 0 atom stereocenters. The maximum atomic E-state index is 11.6. The van der Waals surface area contributed by atoms with Crippen molar-refractivity contribution in [3.8, 4) is 10.8 Å². The smallest absolute Gasteiger partial charge is 0.315 e. The SMILES string of the molecule is CCCNC(=O)CCNC(=O)NCc1coc(-c2cccs2)n1. The average molecular weight is 336 g/mol. The van der Waals surface area contributed by atoms with Crippen molar-refractivity contribution in [2.24, 2.45) is 0 Å². The van der Waals surface area contributed by atoms with E-state index in [1.165, 1.54) is 17.6 Å². The van der Waals surface area contributed by atoms with Gasteiger partial charge in [-0.25, -0.2) is 9.78 Å². The van der Waals surface area contributed by atoms with Crippen LogP contribution in [0.5, 0.6) is 0 Å². The number of aromatic nitrogens is 1. The van der Waals surface area contributed by atoms with E-state index >= 15 is 0 Å². The van der Waals surface area contributed by atoms with Crippen LogP contribution in [0.25, 0.3) is 10.8 Å². The molecule has 0 spiro atoms. The van der Waals surface area contributed by atoms with E-state index in [1.807, 2.05) is 24.4 Å². The van der Waals surface area contributed by atoms with Crippen LogP contribution in [0.1, 0.15) is 25.5 Å². The lowest BCUT2D eigenvalue weighted by atomic mass is 10.4. The fourth-order valence-corrected chi connectivity index (χ4v) is 2.43. The van der Waals surface area contributed by atoms with E-state index in [0.29, 0.717) is 24.7 Å². The summed E-state index contributed by atoms with van der Waals surface area (Å²) in [6.07, 6.45) is 2.68. The van der Waals surface area contributed by atoms with Crippen molar-refractivity contribution < 1.29 is 14.0 Å². The zero-order valence-corrected chi connectivity index (χ0v) is 13.7. The molecule has 124 valence electrons. The topological polar surface area (TPSA) is 96.3 Å². The van der Waals surface area contributed by atoms with Crippen molar-refractivity contribution in [1.29, 1.82) is 0 Å². The second kappa shape index (κ2) is 8.94. The summed E-state index contributed by atoms with van der Waals surface area (Å²) < 4.78 is 5.37. The van der Waals surface area contributed by atoms with Gasteiger partial charge in [-0.3, -0.25) is 4.79 Å². The Morgan fingerprint density at radius 2 is 2.13 bits per heavy atom. The molecule has 0 aromatic carbocycles. The standard InChI is InChI=1S/C15H20N4O3S/c1-2-6-16-13(20)5-7-17-15(21)18-9-11-10-22-14(19-11)12-4-3-8-23-12/h3-4,8,10H,2,5-7,9H2,1H3,(H,16,20)(H2,17,18,21). The van der Waals surface area contributed by atoms with Crippen LogP contribution in [0.2, 0.25) is 0 Å². The highest BCUT2D eigenvalue weighted by molar-refractivity contribution is 7.13. The van der Waals surface area contributed by atoms with E-state index in [-0.39, 0.29) is 24.9 Å².